The first kappa shape index (κ1) is 13.2. The van der Waals surface area contributed by atoms with Crippen molar-refractivity contribution < 1.29 is 4.52 Å². The second-order valence-corrected chi connectivity index (χ2v) is 4.83. The Morgan fingerprint density at radius 2 is 2.00 bits per heavy atom. The van der Waals surface area contributed by atoms with Crippen LogP contribution < -0.4 is 5.32 Å². The third-order valence-electron chi connectivity index (χ3n) is 3.20. The number of nitrogens with one attached hydrogen (secondary N) is 1. The highest BCUT2D eigenvalue weighted by Crippen LogP contribution is 2.14. The Bertz CT molecular complexity index is 300. The Morgan fingerprint density at radius 1 is 1.31 bits per heavy atom. The smallest absolute Gasteiger partial charge is 0.137 e. The summed E-state index contributed by atoms with van der Waals surface area (Å²) in [4.78, 5) is 0. The summed E-state index contributed by atoms with van der Waals surface area (Å²) in [5.41, 5.74) is 2.28. The van der Waals surface area contributed by atoms with Gasteiger partial charge in [0.05, 0.1) is 5.69 Å². The van der Waals surface area contributed by atoms with Crippen molar-refractivity contribution in [2.75, 3.05) is 6.54 Å². The fraction of sp³-hybridized carbons (Fsp3) is 0.769. The molecule has 1 heterocycles. The standard InChI is InChI=1S/C13H24N2O/c1-6-9(2)8-14-10(3)7-13-11(4)15-16-12(13)5/h9-10,14H,6-8H2,1-5H3. The lowest BCUT2D eigenvalue weighted by molar-refractivity contribution is 0.391. The average Bonchev–Trinajstić information content (AvgIpc) is 2.57. The zero-order chi connectivity index (χ0) is 12.1. The van der Waals surface area contributed by atoms with Gasteiger partial charge in [-0.2, -0.15) is 0 Å². The van der Waals surface area contributed by atoms with Crippen LogP contribution in [0.4, 0.5) is 0 Å². The highest BCUT2D eigenvalue weighted by atomic mass is 16.5. The fourth-order valence-electron chi connectivity index (χ4n) is 1.72. The van der Waals surface area contributed by atoms with Crippen LogP contribution in [-0.4, -0.2) is 17.7 Å². The van der Waals surface area contributed by atoms with Gasteiger partial charge in [0.25, 0.3) is 0 Å². The van der Waals surface area contributed by atoms with Gasteiger partial charge in [0.15, 0.2) is 0 Å². The maximum Gasteiger partial charge on any atom is 0.137 e. The average molecular weight is 224 g/mol. The van der Waals surface area contributed by atoms with Gasteiger partial charge < -0.3 is 9.84 Å². The minimum atomic E-state index is 0.478. The van der Waals surface area contributed by atoms with Crippen molar-refractivity contribution in [1.82, 2.24) is 10.5 Å². The van der Waals surface area contributed by atoms with E-state index in [4.69, 9.17) is 4.52 Å². The molecule has 2 atom stereocenters. The van der Waals surface area contributed by atoms with Crippen molar-refractivity contribution >= 4 is 0 Å². The molecular weight excluding hydrogens is 200 g/mol. The van der Waals surface area contributed by atoms with Crippen LogP contribution in [-0.2, 0) is 6.42 Å². The molecule has 16 heavy (non-hydrogen) atoms. The molecule has 0 fully saturated rings. The molecule has 0 saturated heterocycles. The summed E-state index contributed by atoms with van der Waals surface area (Å²) in [6, 6.07) is 0.478. The predicted molar refractivity (Wildman–Crippen MR) is 66.6 cm³/mol. The maximum atomic E-state index is 5.17. The Balaban J connectivity index is 2.42. The van der Waals surface area contributed by atoms with E-state index in [1.165, 1.54) is 12.0 Å². The van der Waals surface area contributed by atoms with E-state index in [2.05, 4.69) is 31.2 Å². The predicted octanol–water partition coefficient (Wildman–Crippen LogP) is 2.86. The van der Waals surface area contributed by atoms with Crippen LogP contribution >= 0.6 is 0 Å². The number of nitrogens with zero attached hydrogens (tertiary/aromatic N) is 1. The van der Waals surface area contributed by atoms with Crippen molar-refractivity contribution in [1.29, 1.82) is 0 Å². The highest BCUT2D eigenvalue weighted by molar-refractivity contribution is 5.21. The number of aryl methyl sites for hydroxylation is 2. The zero-order valence-electron chi connectivity index (χ0n) is 11.1. The van der Waals surface area contributed by atoms with Crippen LogP contribution in [0.1, 0.15) is 44.2 Å². The van der Waals surface area contributed by atoms with Crippen molar-refractivity contribution in [3.05, 3.63) is 17.0 Å². The molecule has 0 aliphatic heterocycles. The number of hydrogen-bond acceptors (Lipinski definition) is 3. The van der Waals surface area contributed by atoms with Gasteiger partial charge in [-0.05, 0) is 39.7 Å². The second kappa shape index (κ2) is 6.04. The first-order chi connectivity index (χ1) is 7.54. The molecule has 92 valence electrons. The second-order valence-electron chi connectivity index (χ2n) is 4.83. The molecule has 1 aromatic heterocycles. The molecule has 0 bridgehead atoms. The Labute approximate surface area is 98.6 Å². The Morgan fingerprint density at radius 3 is 2.50 bits per heavy atom. The summed E-state index contributed by atoms with van der Waals surface area (Å²) in [7, 11) is 0. The lowest BCUT2D eigenvalue weighted by atomic mass is 10.0. The molecule has 0 amide bonds. The zero-order valence-corrected chi connectivity index (χ0v) is 11.1. The topological polar surface area (TPSA) is 38.1 Å². The van der Waals surface area contributed by atoms with Crippen LogP contribution in [0.25, 0.3) is 0 Å². The summed E-state index contributed by atoms with van der Waals surface area (Å²) in [5, 5.41) is 7.53. The quantitative estimate of drug-likeness (QED) is 0.807. The lowest BCUT2D eigenvalue weighted by Crippen LogP contribution is -2.32. The molecule has 0 radical (unpaired) electrons. The highest BCUT2D eigenvalue weighted by Gasteiger charge is 2.12. The van der Waals surface area contributed by atoms with Gasteiger partial charge in [0.2, 0.25) is 0 Å². The maximum absolute atomic E-state index is 5.17. The van der Waals surface area contributed by atoms with E-state index in [-0.39, 0.29) is 0 Å². The summed E-state index contributed by atoms with van der Waals surface area (Å²) < 4.78 is 5.17. The fourth-order valence-corrected chi connectivity index (χ4v) is 1.72. The molecule has 3 heteroatoms. The van der Waals surface area contributed by atoms with E-state index in [9.17, 15) is 0 Å². The molecule has 0 aromatic carbocycles. The molecule has 0 aliphatic carbocycles. The van der Waals surface area contributed by atoms with Gasteiger partial charge in [-0.25, -0.2) is 0 Å². The van der Waals surface area contributed by atoms with Crippen molar-refractivity contribution in [2.45, 2.75) is 53.5 Å². The van der Waals surface area contributed by atoms with E-state index in [0.29, 0.717) is 6.04 Å². The van der Waals surface area contributed by atoms with E-state index >= 15 is 0 Å². The number of rotatable bonds is 6. The van der Waals surface area contributed by atoms with Gasteiger partial charge in [-0.15, -0.1) is 0 Å². The number of hydrogen-bond donors (Lipinski definition) is 1. The van der Waals surface area contributed by atoms with Crippen molar-refractivity contribution in [3.8, 4) is 0 Å². The third-order valence-corrected chi connectivity index (χ3v) is 3.20. The van der Waals surface area contributed by atoms with Crippen molar-refractivity contribution in [2.24, 2.45) is 5.92 Å². The van der Waals surface area contributed by atoms with E-state index < -0.39 is 0 Å². The van der Waals surface area contributed by atoms with Gasteiger partial charge in [0, 0.05) is 11.6 Å². The van der Waals surface area contributed by atoms with Gasteiger partial charge in [-0.1, -0.05) is 25.4 Å². The molecule has 2 unspecified atom stereocenters. The summed E-state index contributed by atoms with van der Waals surface area (Å²) in [5.74, 6) is 1.70. The molecule has 0 spiro atoms. The molecule has 1 rings (SSSR count). The van der Waals surface area contributed by atoms with Crippen LogP contribution in [0.15, 0.2) is 4.52 Å². The first-order valence-corrected chi connectivity index (χ1v) is 6.19. The SMILES string of the molecule is CCC(C)CNC(C)Cc1c(C)noc1C. The lowest BCUT2D eigenvalue weighted by Gasteiger charge is -2.16. The molecular formula is C13H24N2O. The van der Waals surface area contributed by atoms with E-state index in [1.807, 2.05) is 13.8 Å². The van der Waals surface area contributed by atoms with E-state index in [1.54, 1.807) is 0 Å². The monoisotopic (exact) mass is 224 g/mol. The molecule has 0 saturated carbocycles. The molecule has 1 aromatic rings. The number of aromatic nitrogens is 1. The largest absolute Gasteiger partial charge is 0.361 e. The Kier molecular flexibility index (Phi) is 5.00. The minimum Gasteiger partial charge on any atom is -0.361 e. The van der Waals surface area contributed by atoms with Gasteiger partial charge >= 0.3 is 0 Å². The summed E-state index contributed by atoms with van der Waals surface area (Å²) in [6.07, 6.45) is 2.22. The van der Waals surface area contributed by atoms with Crippen LogP contribution in [0, 0.1) is 19.8 Å². The van der Waals surface area contributed by atoms with Crippen LogP contribution in [0.3, 0.4) is 0 Å². The first-order valence-electron chi connectivity index (χ1n) is 6.19. The normalized spacial score (nSPS) is 15.1. The van der Waals surface area contributed by atoms with Crippen LogP contribution in [0.2, 0.25) is 0 Å². The van der Waals surface area contributed by atoms with Gasteiger partial charge in [0.1, 0.15) is 5.76 Å². The van der Waals surface area contributed by atoms with Crippen LogP contribution in [0.5, 0.6) is 0 Å². The Hall–Kier alpha value is -0.830. The van der Waals surface area contributed by atoms with E-state index in [0.717, 1.165) is 30.3 Å². The molecule has 1 N–H and O–H groups in total. The van der Waals surface area contributed by atoms with Crippen molar-refractivity contribution in [3.63, 3.8) is 0 Å². The summed E-state index contributed by atoms with van der Waals surface area (Å²) >= 11 is 0. The minimum absolute atomic E-state index is 0.478. The third kappa shape index (κ3) is 3.63. The summed E-state index contributed by atoms with van der Waals surface area (Å²) in [6.45, 7) is 11.8. The van der Waals surface area contributed by atoms with Gasteiger partial charge in [-0.3, -0.25) is 0 Å². The molecule has 3 nitrogen and oxygen atoms in total. The molecule has 0 aliphatic rings.